The van der Waals surface area contributed by atoms with E-state index >= 15 is 0 Å². The first-order valence-electron chi connectivity index (χ1n) is 6.26. The van der Waals surface area contributed by atoms with Crippen LogP contribution >= 0.6 is 11.6 Å². The van der Waals surface area contributed by atoms with Gasteiger partial charge in [0.25, 0.3) is 0 Å². The van der Waals surface area contributed by atoms with Gasteiger partial charge in [0.15, 0.2) is 9.84 Å². The Morgan fingerprint density at radius 1 is 1.45 bits per heavy atom. The summed E-state index contributed by atoms with van der Waals surface area (Å²) in [5, 5.41) is 3.57. The highest BCUT2D eigenvalue weighted by molar-refractivity contribution is 7.91. The fourth-order valence-electron chi connectivity index (χ4n) is 2.28. The van der Waals surface area contributed by atoms with Gasteiger partial charge in [0.2, 0.25) is 0 Å². The van der Waals surface area contributed by atoms with E-state index < -0.39 is 15.8 Å². The summed E-state index contributed by atoms with van der Waals surface area (Å²) < 4.78 is 28.0. The van der Waals surface area contributed by atoms with Crippen molar-refractivity contribution in [1.82, 2.24) is 0 Å². The Balaban J connectivity index is 2.24. The van der Waals surface area contributed by atoms with E-state index in [1.807, 2.05) is 0 Å². The summed E-state index contributed by atoms with van der Waals surface area (Å²) >= 11 is 5.93. The van der Waals surface area contributed by atoms with Gasteiger partial charge in [-0.05, 0) is 31.0 Å². The molecular weight excluding hydrogens is 302 g/mol. The molecule has 20 heavy (non-hydrogen) atoms. The summed E-state index contributed by atoms with van der Waals surface area (Å²) in [5.74, 6) is -0.187. The van der Waals surface area contributed by atoms with E-state index in [1.165, 1.54) is 7.11 Å². The molecule has 1 saturated heterocycles. The zero-order chi connectivity index (χ0) is 14.8. The standard InChI is InChI=1S/C13H16ClNO4S/c1-19-13(16)11-5-4-9(14)7-12(11)15-10-3-2-6-20(17,18)8-10/h4-5,7,10,15H,2-3,6,8H2,1H3. The highest BCUT2D eigenvalue weighted by Gasteiger charge is 2.25. The van der Waals surface area contributed by atoms with Gasteiger partial charge < -0.3 is 10.1 Å². The van der Waals surface area contributed by atoms with Gasteiger partial charge in [-0.3, -0.25) is 0 Å². The molecule has 0 amide bonds. The third-order valence-corrected chi connectivity index (χ3v) is 5.27. The molecule has 1 fully saturated rings. The van der Waals surface area contributed by atoms with Crippen LogP contribution in [0.15, 0.2) is 18.2 Å². The minimum atomic E-state index is -3.01. The first kappa shape index (κ1) is 15.1. The molecule has 1 atom stereocenters. The monoisotopic (exact) mass is 317 g/mol. The van der Waals surface area contributed by atoms with Crippen molar-refractivity contribution in [3.05, 3.63) is 28.8 Å². The number of nitrogens with one attached hydrogen (secondary N) is 1. The molecule has 1 N–H and O–H groups in total. The fraction of sp³-hybridized carbons (Fsp3) is 0.462. The normalized spacial score (nSPS) is 21.2. The highest BCUT2D eigenvalue weighted by atomic mass is 35.5. The van der Waals surface area contributed by atoms with Crippen LogP contribution in [0.2, 0.25) is 5.02 Å². The predicted molar refractivity (Wildman–Crippen MR) is 78.1 cm³/mol. The number of hydrogen-bond acceptors (Lipinski definition) is 5. The Kier molecular flexibility index (Phi) is 4.55. The van der Waals surface area contributed by atoms with Crippen LogP contribution < -0.4 is 5.32 Å². The Hall–Kier alpha value is -1.27. The Morgan fingerprint density at radius 2 is 2.20 bits per heavy atom. The number of carbonyl (C=O) groups excluding carboxylic acids is 1. The maximum absolute atomic E-state index is 11.7. The van der Waals surface area contributed by atoms with Crippen molar-refractivity contribution in [1.29, 1.82) is 0 Å². The smallest absolute Gasteiger partial charge is 0.339 e. The lowest BCUT2D eigenvalue weighted by Gasteiger charge is -2.25. The first-order chi connectivity index (χ1) is 9.41. The van der Waals surface area contributed by atoms with E-state index in [9.17, 15) is 13.2 Å². The highest BCUT2D eigenvalue weighted by Crippen LogP contribution is 2.25. The third kappa shape index (κ3) is 3.64. The van der Waals surface area contributed by atoms with E-state index in [1.54, 1.807) is 18.2 Å². The van der Waals surface area contributed by atoms with Crippen molar-refractivity contribution in [3.63, 3.8) is 0 Å². The van der Waals surface area contributed by atoms with Crippen molar-refractivity contribution in [2.24, 2.45) is 0 Å². The van der Waals surface area contributed by atoms with Crippen LogP contribution in [0.5, 0.6) is 0 Å². The minimum Gasteiger partial charge on any atom is -0.465 e. The van der Waals surface area contributed by atoms with Gasteiger partial charge in [-0.1, -0.05) is 11.6 Å². The van der Waals surface area contributed by atoms with E-state index in [4.69, 9.17) is 16.3 Å². The van der Waals surface area contributed by atoms with Crippen molar-refractivity contribution >= 4 is 33.1 Å². The van der Waals surface area contributed by atoms with Crippen LogP contribution in [0.25, 0.3) is 0 Å². The van der Waals surface area contributed by atoms with Gasteiger partial charge in [-0.25, -0.2) is 13.2 Å². The number of halogens is 1. The topological polar surface area (TPSA) is 72.5 Å². The molecule has 0 aromatic heterocycles. The molecule has 1 unspecified atom stereocenters. The number of rotatable bonds is 3. The van der Waals surface area contributed by atoms with Crippen LogP contribution in [0.3, 0.4) is 0 Å². The molecule has 1 aromatic carbocycles. The first-order valence-corrected chi connectivity index (χ1v) is 8.46. The Bertz CT molecular complexity index is 615. The minimum absolute atomic E-state index is 0.0696. The number of methoxy groups -OCH3 is 1. The van der Waals surface area contributed by atoms with Gasteiger partial charge in [-0.15, -0.1) is 0 Å². The summed E-state index contributed by atoms with van der Waals surface area (Å²) in [7, 11) is -1.72. The van der Waals surface area contributed by atoms with Crippen molar-refractivity contribution in [3.8, 4) is 0 Å². The number of hydrogen-bond donors (Lipinski definition) is 1. The lowest BCUT2D eigenvalue weighted by molar-refractivity contribution is 0.0602. The lowest BCUT2D eigenvalue weighted by atomic mass is 10.1. The van der Waals surface area contributed by atoms with Crippen LogP contribution in [-0.2, 0) is 14.6 Å². The van der Waals surface area contributed by atoms with E-state index in [2.05, 4.69) is 5.32 Å². The van der Waals surface area contributed by atoms with Gasteiger partial charge in [-0.2, -0.15) is 0 Å². The number of esters is 1. The average Bonchev–Trinajstić information content (AvgIpc) is 2.37. The fourth-order valence-corrected chi connectivity index (χ4v) is 4.09. The number of ether oxygens (including phenoxy) is 1. The van der Waals surface area contributed by atoms with Crippen molar-refractivity contribution in [2.75, 3.05) is 23.9 Å². The molecule has 0 bridgehead atoms. The van der Waals surface area contributed by atoms with Gasteiger partial charge in [0, 0.05) is 11.1 Å². The van der Waals surface area contributed by atoms with E-state index in [0.29, 0.717) is 22.7 Å². The second-order valence-electron chi connectivity index (χ2n) is 4.78. The summed E-state index contributed by atoms with van der Waals surface area (Å²) in [4.78, 5) is 11.7. The summed E-state index contributed by atoms with van der Waals surface area (Å²) in [5.41, 5.74) is 0.853. The van der Waals surface area contributed by atoms with E-state index in [-0.39, 0.29) is 17.5 Å². The quantitative estimate of drug-likeness (QED) is 0.864. The van der Waals surface area contributed by atoms with Crippen LogP contribution in [0.1, 0.15) is 23.2 Å². The second kappa shape index (κ2) is 6.01. The third-order valence-electron chi connectivity index (χ3n) is 3.21. The molecule has 2 rings (SSSR count). The number of sulfone groups is 1. The molecular formula is C13H16ClNO4S. The molecule has 0 radical (unpaired) electrons. The van der Waals surface area contributed by atoms with Gasteiger partial charge in [0.1, 0.15) is 0 Å². The summed E-state index contributed by atoms with van der Waals surface area (Å²) in [6.07, 6.45) is 1.36. The molecule has 0 spiro atoms. The number of carbonyl (C=O) groups is 1. The average molecular weight is 318 g/mol. The zero-order valence-electron chi connectivity index (χ0n) is 11.1. The molecule has 0 aliphatic carbocycles. The molecule has 1 heterocycles. The van der Waals surface area contributed by atoms with Crippen molar-refractivity contribution in [2.45, 2.75) is 18.9 Å². The maximum Gasteiger partial charge on any atom is 0.339 e. The molecule has 110 valence electrons. The molecule has 5 nitrogen and oxygen atoms in total. The van der Waals surface area contributed by atoms with Crippen LogP contribution in [0, 0.1) is 0 Å². The van der Waals surface area contributed by atoms with E-state index in [0.717, 1.165) is 6.42 Å². The second-order valence-corrected chi connectivity index (χ2v) is 7.44. The summed E-state index contributed by atoms with van der Waals surface area (Å²) in [6, 6.07) is 4.55. The molecule has 1 aromatic rings. The lowest BCUT2D eigenvalue weighted by Crippen LogP contribution is -2.35. The molecule has 0 saturated carbocycles. The zero-order valence-corrected chi connectivity index (χ0v) is 12.6. The van der Waals surface area contributed by atoms with Gasteiger partial charge in [0.05, 0.1) is 29.9 Å². The predicted octanol–water partition coefficient (Wildman–Crippen LogP) is 2.12. The van der Waals surface area contributed by atoms with Crippen LogP contribution in [0.4, 0.5) is 5.69 Å². The summed E-state index contributed by atoms with van der Waals surface area (Å²) in [6.45, 7) is 0. The molecule has 1 aliphatic rings. The van der Waals surface area contributed by atoms with Gasteiger partial charge >= 0.3 is 5.97 Å². The Labute approximate surface area is 123 Å². The van der Waals surface area contributed by atoms with Crippen LogP contribution in [-0.4, -0.2) is 39.0 Å². The molecule has 1 aliphatic heterocycles. The Morgan fingerprint density at radius 3 is 2.85 bits per heavy atom. The number of anilines is 1. The van der Waals surface area contributed by atoms with Crippen molar-refractivity contribution < 1.29 is 17.9 Å². The molecule has 7 heteroatoms. The SMILES string of the molecule is COC(=O)c1ccc(Cl)cc1NC1CCCS(=O)(=O)C1. The maximum atomic E-state index is 11.7. The largest absolute Gasteiger partial charge is 0.465 e. The number of benzene rings is 1.